The number of nitrogens with zero attached hydrogens (tertiary/aromatic N) is 3. The average molecular weight is 371 g/mol. The molecule has 6 nitrogen and oxygen atoms in total. The van der Waals surface area contributed by atoms with Crippen LogP contribution in [0.4, 0.5) is 5.95 Å². The molecular weight excluding hydrogens is 338 g/mol. The van der Waals surface area contributed by atoms with Crippen molar-refractivity contribution in [2.24, 2.45) is 23.2 Å². The molecular formula is C21H32N5O+. The third-order valence-corrected chi connectivity index (χ3v) is 7.54. The summed E-state index contributed by atoms with van der Waals surface area (Å²) in [5.41, 5.74) is 0.434. The molecule has 4 bridgehead atoms. The van der Waals surface area contributed by atoms with E-state index in [1.165, 1.54) is 43.4 Å². The molecule has 0 radical (unpaired) electrons. The lowest BCUT2D eigenvalue weighted by atomic mass is 9.49. The summed E-state index contributed by atoms with van der Waals surface area (Å²) in [6.07, 6.45) is 12.1. The summed E-state index contributed by atoms with van der Waals surface area (Å²) in [6.45, 7) is 5.32. The highest BCUT2D eigenvalue weighted by molar-refractivity contribution is 5.76. The number of hydrogen-bond donors (Lipinski definition) is 2. The summed E-state index contributed by atoms with van der Waals surface area (Å²) >= 11 is 0. The van der Waals surface area contributed by atoms with E-state index in [1.54, 1.807) is 12.4 Å². The van der Waals surface area contributed by atoms with E-state index in [2.05, 4.69) is 20.2 Å². The molecule has 27 heavy (non-hydrogen) atoms. The SMILES string of the molecule is O=C(C[NH+]1CCN(c2ncccn2)CC1)NCC12CC3CC(CC(C3)C1)C2. The largest absolute Gasteiger partial charge is 0.351 e. The predicted molar refractivity (Wildman–Crippen MR) is 103 cm³/mol. The smallest absolute Gasteiger partial charge is 0.275 e. The highest BCUT2D eigenvalue weighted by Crippen LogP contribution is 2.59. The molecule has 6 heteroatoms. The summed E-state index contributed by atoms with van der Waals surface area (Å²) in [6, 6.07) is 1.85. The molecule has 4 aliphatic carbocycles. The standard InChI is InChI=1S/C21H31N5O/c27-19(14-25-4-6-26(7-5-25)20-22-2-1-3-23-20)24-15-21-11-16-8-17(12-21)10-18(9-16)13-21/h1-3,16-18H,4-15H2,(H,24,27)/p+1. The second kappa shape index (κ2) is 7.04. The Morgan fingerprint density at radius 1 is 1.07 bits per heavy atom. The molecule has 4 saturated carbocycles. The van der Waals surface area contributed by atoms with Gasteiger partial charge < -0.3 is 15.1 Å². The molecule has 5 fully saturated rings. The number of quaternary nitrogens is 1. The number of anilines is 1. The molecule has 0 atom stereocenters. The minimum absolute atomic E-state index is 0.241. The van der Waals surface area contributed by atoms with Crippen molar-refractivity contribution in [3.05, 3.63) is 18.5 Å². The Labute approximate surface area is 161 Å². The van der Waals surface area contributed by atoms with Gasteiger partial charge in [-0.15, -0.1) is 0 Å². The Kier molecular flexibility index (Phi) is 4.54. The quantitative estimate of drug-likeness (QED) is 0.793. The van der Waals surface area contributed by atoms with Crippen LogP contribution >= 0.6 is 0 Å². The van der Waals surface area contributed by atoms with Crippen LogP contribution in [0, 0.1) is 23.2 Å². The van der Waals surface area contributed by atoms with Crippen LogP contribution in [0.2, 0.25) is 0 Å². The summed E-state index contributed by atoms with van der Waals surface area (Å²) in [5, 5.41) is 3.33. The molecule has 0 aromatic carbocycles. The molecule has 0 spiro atoms. The van der Waals surface area contributed by atoms with Gasteiger partial charge >= 0.3 is 0 Å². The van der Waals surface area contributed by atoms with Crippen molar-refractivity contribution >= 4 is 11.9 Å². The van der Waals surface area contributed by atoms with Gasteiger partial charge in [0.2, 0.25) is 5.95 Å². The number of rotatable bonds is 5. The van der Waals surface area contributed by atoms with Crippen LogP contribution in [-0.4, -0.2) is 55.1 Å². The summed E-state index contributed by atoms with van der Waals surface area (Å²) < 4.78 is 0. The number of carbonyl (C=O) groups excluding carboxylic acids is 1. The first kappa shape index (κ1) is 17.4. The lowest BCUT2D eigenvalue weighted by Crippen LogP contribution is -3.16. The first-order chi connectivity index (χ1) is 13.2. The van der Waals surface area contributed by atoms with E-state index in [0.717, 1.165) is 56.4 Å². The van der Waals surface area contributed by atoms with Crippen molar-refractivity contribution in [1.82, 2.24) is 15.3 Å². The minimum Gasteiger partial charge on any atom is -0.351 e. The van der Waals surface area contributed by atoms with Gasteiger partial charge in [0, 0.05) is 18.9 Å². The van der Waals surface area contributed by atoms with E-state index in [-0.39, 0.29) is 5.91 Å². The number of amides is 1. The molecule has 146 valence electrons. The topological polar surface area (TPSA) is 62.6 Å². The monoisotopic (exact) mass is 370 g/mol. The summed E-state index contributed by atoms with van der Waals surface area (Å²) in [5.74, 6) is 3.90. The fraction of sp³-hybridized carbons (Fsp3) is 0.762. The minimum atomic E-state index is 0.241. The van der Waals surface area contributed by atoms with Gasteiger partial charge in [-0.1, -0.05) is 0 Å². The zero-order valence-electron chi connectivity index (χ0n) is 16.2. The molecule has 1 aromatic heterocycles. The number of piperazine rings is 1. The number of aromatic nitrogens is 2. The highest BCUT2D eigenvalue weighted by Gasteiger charge is 2.50. The van der Waals surface area contributed by atoms with Crippen molar-refractivity contribution in [2.45, 2.75) is 38.5 Å². The van der Waals surface area contributed by atoms with E-state index in [4.69, 9.17) is 0 Å². The lowest BCUT2D eigenvalue weighted by molar-refractivity contribution is -0.892. The van der Waals surface area contributed by atoms with Crippen LogP contribution in [0.1, 0.15) is 38.5 Å². The van der Waals surface area contributed by atoms with Crippen LogP contribution < -0.4 is 15.1 Å². The van der Waals surface area contributed by atoms with Crippen molar-refractivity contribution in [2.75, 3.05) is 44.2 Å². The third kappa shape index (κ3) is 3.68. The maximum atomic E-state index is 12.6. The van der Waals surface area contributed by atoms with Gasteiger partial charge in [-0.25, -0.2) is 9.97 Å². The molecule has 1 amide bonds. The molecule has 5 aliphatic rings. The zero-order chi connectivity index (χ0) is 18.3. The Morgan fingerprint density at radius 3 is 2.26 bits per heavy atom. The van der Waals surface area contributed by atoms with Crippen molar-refractivity contribution in [3.63, 3.8) is 0 Å². The number of carbonyl (C=O) groups is 1. The van der Waals surface area contributed by atoms with Gasteiger partial charge in [0.1, 0.15) is 0 Å². The first-order valence-electron chi connectivity index (χ1n) is 10.8. The second-order valence-electron chi connectivity index (χ2n) is 9.66. The Hall–Kier alpha value is -1.69. The van der Waals surface area contributed by atoms with Gasteiger partial charge in [0.15, 0.2) is 6.54 Å². The molecule has 1 aromatic rings. The van der Waals surface area contributed by atoms with Crippen molar-refractivity contribution in [3.8, 4) is 0 Å². The van der Waals surface area contributed by atoms with E-state index >= 15 is 0 Å². The van der Waals surface area contributed by atoms with Gasteiger partial charge in [-0.3, -0.25) is 4.79 Å². The fourth-order valence-electron chi connectivity index (χ4n) is 6.74. The van der Waals surface area contributed by atoms with Crippen molar-refractivity contribution in [1.29, 1.82) is 0 Å². The van der Waals surface area contributed by atoms with Gasteiger partial charge in [-0.2, -0.15) is 0 Å². The number of hydrogen-bond acceptors (Lipinski definition) is 4. The average Bonchev–Trinajstić information content (AvgIpc) is 2.67. The maximum Gasteiger partial charge on any atom is 0.275 e. The second-order valence-corrected chi connectivity index (χ2v) is 9.66. The summed E-state index contributed by atoms with van der Waals surface area (Å²) in [7, 11) is 0. The van der Waals surface area contributed by atoms with E-state index in [0.29, 0.717) is 12.0 Å². The number of nitrogens with one attached hydrogen (secondary N) is 2. The van der Waals surface area contributed by atoms with Crippen molar-refractivity contribution < 1.29 is 9.69 Å². The lowest BCUT2D eigenvalue weighted by Gasteiger charge is -2.56. The molecule has 0 unspecified atom stereocenters. The van der Waals surface area contributed by atoms with Crippen LogP contribution in [-0.2, 0) is 4.79 Å². The van der Waals surface area contributed by atoms with Crippen LogP contribution in [0.5, 0.6) is 0 Å². The van der Waals surface area contributed by atoms with Gasteiger partial charge in [0.25, 0.3) is 5.91 Å². The molecule has 2 N–H and O–H groups in total. The molecule has 2 heterocycles. The normalized spacial score (nSPS) is 35.4. The Balaban J connectivity index is 1.08. The van der Waals surface area contributed by atoms with E-state index in [9.17, 15) is 4.79 Å². The van der Waals surface area contributed by atoms with Crippen LogP contribution in [0.3, 0.4) is 0 Å². The fourth-order valence-corrected chi connectivity index (χ4v) is 6.74. The van der Waals surface area contributed by atoms with Crippen LogP contribution in [0.15, 0.2) is 18.5 Å². The van der Waals surface area contributed by atoms with Gasteiger partial charge in [0.05, 0.1) is 26.2 Å². The summed E-state index contributed by atoms with van der Waals surface area (Å²) in [4.78, 5) is 24.9. The molecule has 1 aliphatic heterocycles. The molecule has 1 saturated heterocycles. The van der Waals surface area contributed by atoms with Gasteiger partial charge in [-0.05, 0) is 67.8 Å². The van der Waals surface area contributed by atoms with E-state index in [1.807, 2.05) is 6.07 Å². The predicted octanol–water partition coefficient (Wildman–Crippen LogP) is 0.514. The van der Waals surface area contributed by atoms with Crippen LogP contribution in [0.25, 0.3) is 0 Å². The van der Waals surface area contributed by atoms with E-state index < -0.39 is 0 Å². The maximum absolute atomic E-state index is 12.6. The Morgan fingerprint density at radius 2 is 1.67 bits per heavy atom. The Bertz CT molecular complexity index is 635. The zero-order valence-corrected chi connectivity index (χ0v) is 16.2. The first-order valence-corrected chi connectivity index (χ1v) is 10.8. The highest BCUT2D eigenvalue weighted by atomic mass is 16.2. The molecule has 6 rings (SSSR count). The third-order valence-electron chi connectivity index (χ3n) is 7.54.